The molecule has 8 heteroatoms. The van der Waals surface area contributed by atoms with E-state index in [1.807, 2.05) is 30.3 Å². The number of aromatic amines is 1. The summed E-state index contributed by atoms with van der Waals surface area (Å²) in [6.07, 6.45) is 1.96. The van der Waals surface area contributed by atoms with Crippen LogP contribution in [-0.4, -0.2) is 39.9 Å². The Morgan fingerprint density at radius 3 is 2.96 bits per heavy atom. The number of aromatic nitrogens is 4. The minimum Gasteiger partial charge on any atom is -0.377 e. The van der Waals surface area contributed by atoms with Gasteiger partial charge in [-0.2, -0.15) is 10.1 Å². The van der Waals surface area contributed by atoms with Crippen molar-refractivity contribution in [2.45, 2.75) is 13.0 Å². The van der Waals surface area contributed by atoms with Gasteiger partial charge in [0.05, 0.1) is 17.5 Å². The monoisotopic (exact) mass is 327 g/mol. The lowest BCUT2D eigenvalue weighted by atomic mass is 10.1. The summed E-state index contributed by atoms with van der Waals surface area (Å²) < 4.78 is 9.99. The van der Waals surface area contributed by atoms with Crippen LogP contribution in [0, 0.1) is 0 Å². The molecular formula is C16H17N5O3. The van der Waals surface area contributed by atoms with Gasteiger partial charge in [-0.15, -0.1) is 0 Å². The second-order valence-electron chi connectivity index (χ2n) is 5.07. The van der Waals surface area contributed by atoms with E-state index in [0.29, 0.717) is 42.5 Å². The van der Waals surface area contributed by atoms with Gasteiger partial charge in [0.2, 0.25) is 5.89 Å². The molecule has 0 saturated carbocycles. The minimum atomic E-state index is -0.209. The number of H-pyrrole nitrogens is 1. The molecule has 3 aromatic rings. The number of carbonyl (C=O) groups is 1. The lowest BCUT2D eigenvalue weighted by Gasteiger charge is -2.04. The molecule has 0 aliphatic carbocycles. The Hall–Kier alpha value is -3.00. The number of nitrogens with one attached hydrogen (secondary N) is 2. The van der Waals surface area contributed by atoms with Crippen molar-refractivity contribution >= 4 is 5.91 Å². The van der Waals surface area contributed by atoms with Crippen LogP contribution in [0.2, 0.25) is 0 Å². The average molecular weight is 327 g/mol. The van der Waals surface area contributed by atoms with E-state index in [1.165, 1.54) is 6.20 Å². The number of benzene rings is 1. The number of methoxy groups -OCH3 is 1. The van der Waals surface area contributed by atoms with E-state index >= 15 is 0 Å². The zero-order chi connectivity index (χ0) is 16.8. The van der Waals surface area contributed by atoms with Crippen LogP contribution in [0.15, 0.2) is 41.1 Å². The number of rotatable bonds is 7. The molecule has 0 fully saturated rings. The maximum absolute atomic E-state index is 12.3. The van der Waals surface area contributed by atoms with Gasteiger partial charge in [0.15, 0.2) is 5.82 Å². The van der Waals surface area contributed by atoms with Gasteiger partial charge in [0.1, 0.15) is 6.61 Å². The molecule has 0 aliphatic heterocycles. The van der Waals surface area contributed by atoms with Crippen LogP contribution < -0.4 is 5.32 Å². The largest absolute Gasteiger partial charge is 0.377 e. The molecule has 2 aromatic heterocycles. The first-order valence-electron chi connectivity index (χ1n) is 7.45. The van der Waals surface area contributed by atoms with Gasteiger partial charge in [-0.1, -0.05) is 35.5 Å². The Bertz CT molecular complexity index is 797. The summed E-state index contributed by atoms with van der Waals surface area (Å²) in [5.74, 6) is 0.733. The number of hydrogen-bond acceptors (Lipinski definition) is 6. The van der Waals surface area contributed by atoms with Crippen molar-refractivity contribution in [1.29, 1.82) is 0 Å². The quantitative estimate of drug-likeness (QED) is 0.682. The Labute approximate surface area is 138 Å². The van der Waals surface area contributed by atoms with Crippen LogP contribution >= 0.6 is 0 Å². The number of hydrogen-bond donors (Lipinski definition) is 2. The second-order valence-corrected chi connectivity index (χ2v) is 5.07. The summed E-state index contributed by atoms with van der Waals surface area (Å²) in [7, 11) is 1.56. The third-order valence-electron chi connectivity index (χ3n) is 3.35. The summed E-state index contributed by atoms with van der Waals surface area (Å²) in [6.45, 7) is 0.679. The van der Waals surface area contributed by atoms with Crippen molar-refractivity contribution in [2.24, 2.45) is 0 Å². The first-order chi connectivity index (χ1) is 11.8. The van der Waals surface area contributed by atoms with Crippen LogP contribution in [0.5, 0.6) is 0 Å². The highest BCUT2D eigenvalue weighted by Crippen LogP contribution is 2.20. The maximum Gasteiger partial charge on any atom is 0.255 e. The van der Waals surface area contributed by atoms with Gasteiger partial charge in [-0.25, -0.2) is 0 Å². The van der Waals surface area contributed by atoms with E-state index in [4.69, 9.17) is 9.26 Å². The summed E-state index contributed by atoms with van der Waals surface area (Å²) in [5.41, 5.74) is 2.08. The first-order valence-corrected chi connectivity index (χ1v) is 7.45. The predicted molar refractivity (Wildman–Crippen MR) is 85.1 cm³/mol. The van der Waals surface area contributed by atoms with E-state index in [1.54, 1.807) is 7.11 Å². The normalized spacial score (nSPS) is 10.7. The molecule has 2 heterocycles. The SMILES string of the molecule is COCc1noc(CCNC(=O)c2cn[nH]c2-c2ccccc2)n1. The molecule has 0 aliphatic rings. The molecule has 2 N–H and O–H groups in total. The lowest BCUT2D eigenvalue weighted by molar-refractivity contribution is 0.0954. The summed E-state index contributed by atoms with van der Waals surface area (Å²) in [4.78, 5) is 16.5. The fourth-order valence-corrected chi connectivity index (χ4v) is 2.24. The molecule has 1 amide bonds. The van der Waals surface area contributed by atoms with Gasteiger partial charge in [0.25, 0.3) is 5.91 Å². The zero-order valence-electron chi connectivity index (χ0n) is 13.2. The predicted octanol–water partition coefficient (Wildman–Crippen LogP) is 1.58. The van der Waals surface area contributed by atoms with Crippen molar-refractivity contribution in [1.82, 2.24) is 25.7 Å². The highest BCUT2D eigenvalue weighted by atomic mass is 16.5. The third kappa shape index (κ3) is 3.66. The first kappa shape index (κ1) is 15.9. The Morgan fingerprint density at radius 1 is 1.33 bits per heavy atom. The van der Waals surface area contributed by atoms with Crippen LogP contribution in [0.1, 0.15) is 22.1 Å². The number of ether oxygens (including phenoxy) is 1. The van der Waals surface area contributed by atoms with E-state index in [2.05, 4.69) is 25.7 Å². The van der Waals surface area contributed by atoms with Crippen LogP contribution in [0.3, 0.4) is 0 Å². The number of carbonyl (C=O) groups excluding carboxylic acids is 1. The van der Waals surface area contributed by atoms with Gasteiger partial charge < -0.3 is 14.6 Å². The summed E-state index contributed by atoms with van der Waals surface area (Å²) in [6, 6.07) is 9.57. The van der Waals surface area contributed by atoms with Gasteiger partial charge in [-0.05, 0) is 0 Å². The molecule has 0 atom stereocenters. The van der Waals surface area contributed by atoms with Gasteiger partial charge in [-0.3, -0.25) is 9.89 Å². The summed E-state index contributed by atoms with van der Waals surface area (Å²) in [5, 5.41) is 13.4. The van der Waals surface area contributed by atoms with E-state index < -0.39 is 0 Å². The lowest BCUT2D eigenvalue weighted by Crippen LogP contribution is -2.26. The van der Waals surface area contributed by atoms with Crippen LogP contribution in [-0.2, 0) is 17.8 Å². The molecule has 0 spiro atoms. The van der Waals surface area contributed by atoms with E-state index in [0.717, 1.165) is 5.56 Å². The molecular weight excluding hydrogens is 310 g/mol. The minimum absolute atomic E-state index is 0.209. The fraction of sp³-hybridized carbons (Fsp3) is 0.250. The molecule has 1 aromatic carbocycles. The van der Waals surface area contributed by atoms with Crippen LogP contribution in [0.4, 0.5) is 0 Å². The van der Waals surface area contributed by atoms with Crippen molar-refractivity contribution in [3.63, 3.8) is 0 Å². The zero-order valence-corrected chi connectivity index (χ0v) is 13.2. The van der Waals surface area contributed by atoms with Crippen molar-refractivity contribution in [3.05, 3.63) is 53.8 Å². The van der Waals surface area contributed by atoms with Crippen molar-refractivity contribution in [3.8, 4) is 11.3 Å². The maximum atomic E-state index is 12.3. The highest BCUT2D eigenvalue weighted by Gasteiger charge is 2.15. The molecule has 0 unspecified atom stereocenters. The van der Waals surface area contributed by atoms with Crippen molar-refractivity contribution < 1.29 is 14.1 Å². The molecule has 8 nitrogen and oxygen atoms in total. The molecule has 0 saturated heterocycles. The topological polar surface area (TPSA) is 106 Å². The molecule has 124 valence electrons. The van der Waals surface area contributed by atoms with Crippen molar-refractivity contribution in [2.75, 3.05) is 13.7 Å². The summed E-state index contributed by atoms with van der Waals surface area (Å²) >= 11 is 0. The standard InChI is InChI=1S/C16H17N5O3/c1-23-10-13-19-14(24-21-13)7-8-17-16(22)12-9-18-20-15(12)11-5-3-2-4-6-11/h2-6,9H,7-8,10H2,1H3,(H,17,22)(H,18,20). The molecule has 0 bridgehead atoms. The van der Waals surface area contributed by atoms with Gasteiger partial charge >= 0.3 is 0 Å². The third-order valence-corrected chi connectivity index (χ3v) is 3.35. The van der Waals surface area contributed by atoms with Gasteiger partial charge in [0, 0.05) is 25.6 Å². The average Bonchev–Trinajstić information content (AvgIpc) is 3.25. The smallest absolute Gasteiger partial charge is 0.255 e. The Morgan fingerprint density at radius 2 is 2.17 bits per heavy atom. The fourth-order valence-electron chi connectivity index (χ4n) is 2.24. The molecule has 3 rings (SSSR count). The number of nitrogens with zero attached hydrogens (tertiary/aromatic N) is 3. The Kier molecular flexibility index (Phi) is 4.97. The number of amides is 1. The Balaban J connectivity index is 1.59. The molecule has 24 heavy (non-hydrogen) atoms. The van der Waals surface area contributed by atoms with Crippen LogP contribution in [0.25, 0.3) is 11.3 Å². The molecule has 0 radical (unpaired) electrons. The van der Waals surface area contributed by atoms with E-state index in [-0.39, 0.29) is 5.91 Å². The second kappa shape index (κ2) is 7.51. The highest BCUT2D eigenvalue weighted by molar-refractivity contribution is 5.99. The van der Waals surface area contributed by atoms with E-state index in [9.17, 15) is 4.79 Å².